The molecule has 0 heterocycles. The Morgan fingerprint density at radius 2 is 0.679 bits per heavy atom. The number of carbonyl (C=O) groups excluding carboxylic acids is 2. The summed E-state index contributed by atoms with van der Waals surface area (Å²) in [4.78, 5) is 35.3. The number of allylic oxidation sites excluding steroid dienone is 24. The van der Waals surface area contributed by atoms with Crippen molar-refractivity contribution >= 4 is 19.8 Å². The third-order valence-electron chi connectivity index (χ3n) is 13.2. The van der Waals surface area contributed by atoms with Gasteiger partial charge >= 0.3 is 19.8 Å². The Kier molecular flexibility index (Phi) is 61.7. The average Bonchev–Trinajstić information content (AvgIpc) is 3.46. The number of unbranched alkanes of at least 4 members (excludes halogenated alkanes) is 22. The molecule has 0 rings (SSSR count). The first-order valence-corrected chi connectivity index (χ1v) is 33.8. The second kappa shape index (κ2) is 65.0. The van der Waals surface area contributed by atoms with Crippen LogP contribution in [0.2, 0.25) is 0 Å². The molecular formula is C71H118NO8P. The van der Waals surface area contributed by atoms with Crippen LogP contribution in [0.1, 0.15) is 258 Å². The molecular weight excluding hydrogens is 1030 g/mol. The van der Waals surface area contributed by atoms with E-state index in [4.69, 9.17) is 24.3 Å². The Balaban J connectivity index is 3.98. The van der Waals surface area contributed by atoms with Gasteiger partial charge in [0.1, 0.15) is 6.61 Å². The molecule has 0 aromatic carbocycles. The largest absolute Gasteiger partial charge is 0.472 e. The monoisotopic (exact) mass is 1140 g/mol. The van der Waals surface area contributed by atoms with E-state index in [0.29, 0.717) is 12.8 Å². The van der Waals surface area contributed by atoms with Gasteiger partial charge in [-0.05, 0) is 122 Å². The van der Waals surface area contributed by atoms with Crippen LogP contribution in [0.25, 0.3) is 0 Å². The quantitative estimate of drug-likeness (QED) is 0.0264. The van der Waals surface area contributed by atoms with Crippen molar-refractivity contribution in [1.82, 2.24) is 0 Å². The highest BCUT2D eigenvalue weighted by Gasteiger charge is 2.26. The van der Waals surface area contributed by atoms with E-state index in [2.05, 4.69) is 160 Å². The number of phosphoric ester groups is 1. The summed E-state index contributed by atoms with van der Waals surface area (Å²) in [5.41, 5.74) is 5.39. The lowest BCUT2D eigenvalue weighted by Crippen LogP contribution is -2.29. The summed E-state index contributed by atoms with van der Waals surface area (Å²) >= 11 is 0. The fourth-order valence-electron chi connectivity index (χ4n) is 8.46. The fourth-order valence-corrected chi connectivity index (χ4v) is 9.22. The van der Waals surface area contributed by atoms with Gasteiger partial charge < -0.3 is 20.1 Å². The van der Waals surface area contributed by atoms with Gasteiger partial charge in [-0.15, -0.1) is 0 Å². The molecule has 0 fully saturated rings. The molecule has 81 heavy (non-hydrogen) atoms. The molecule has 0 saturated heterocycles. The number of hydrogen-bond donors (Lipinski definition) is 2. The summed E-state index contributed by atoms with van der Waals surface area (Å²) in [5, 5.41) is 0. The van der Waals surface area contributed by atoms with E-state index in [1.807, 2.05) is 0 Å². The minimum Gasteiger partial charge on any atom is -0.462 e. The van der Waals surface area contributed by atoms with Crippen molar-refractivity contribution in [3.8, 4) is 0 Å². The summed E-state index contributed by atoms with van der Waals surface area (Å²) in [6.45, 7) is 3.60. The zero-order valence-corrected chi connectivity index (χ0v) is 52.4. The number of rotatable bonds is 59. The van der Waals surface area contributed by atoms with Crippen LogP contribution in [0.5, 0.6) is 0 Å². The molecule has 0 bridgehead atoms. The second-order valence-electron chi connectivity index (χ2n) is 20.9. The van der Waals surface area contributed by atoms with Crippen LogP contribution in [0, 0.1) is 0 Å². The Hall–Kier alpha value is -4.11. The van der Waals surface area contributed by atoms with Gasteiger partial charge in [-0.25, -0.2) is 4.57 Å². The minimum absolute atomic E-state index is 0.0443. The number of carbonyl (C=O) groups is 2. The molecule has 0 aliphatic heterocycles. The first-order chi connectivity index (χ1) is 39.8. The molecule has 460 valence electrons. The van der Waals surface area contributed by atoms with Gasteiger partial charge in [0.2, 0.25) is 0 Å². The third-order valence-corrected chi connectivity index (χ3v) is 14.2. The summed E-state index contributed by atoms with van der Waals surface area (Å²) in [7, 11) is -4.40. The molecule has 0 aromatic heterocycles. The zero-order chi connectivity index (χ0) is 58.7. The van der Waals surface area contributed by atoms with Crippen LogP contribution in [0.3, 0.4) is 0 Å². The van der Waals surface area contributed by atoms with Gasteiger partial charge in [0.15, 0.2) is 6.10 Å². The summed E-state index contributed by atoms with van der Waals surface area (Å²) in [6.07, 6.45) is 93.4. The van der Waals surface area contributed by atoms with Gasteiger partial charge in [0.05, 0.1) is 13.2 Å². The Morgan fingerprint density at radius 3 is 1.01 bits per heavy atom. The van der Waals surface area contributed by atoms with E-state index < -0.39 is 32.5 Å². The van der Waals surface area contributed by atoms with Crippen LogP contribution in [0.4, 0.5) is 0 Å². The van der Waals surface area contributed by atoms with Crippen molar-refractivity contribution < 1.29 is 37.6 Å². The molecule has 0 aliphatic rings. The van der Waals surface area contributed by atoms with Crippen LogP contribution >= 0.6 is 7.82 Å². The van der Waals surface area contributed by atoms with Crippen LogP contribution in [0.15, 0.2) is 146 Å². The Bertz CT molecular complexity index is 1830. The Morgan fingerprint density at radius 1 is 0.383 bits per heavy atom. The first kappa shape index (κ1) is 76.9. The maximum Gasteiger partial charge on any atom is 0.472 e. The van der Waals surface area contributed by atoms with Crippen molar-refractivity contribution in [2.24, 2.45) is 5.73 Å². The minimum atomic E-state index is -4.40. The van der Waals surface area contributed by atoms with Crippen LogP contribution < -0.4 is 5.73 Å². The first-order valence-electron chi connectivity index (χ1n) is 32.3. The number of esters is 2. The van der Waals surface area contributed by atoms with Gasteiger partial charge in [-0.3, -0.25) is 18.6 Å². The number of phosphoric acid groups is 1. The van der Waals surface area contributed by atoms with Gasteiger partial charge in [-0.2, -0.15) is 0 Å². The molecule has 0 spiro atoms. The summed E-state index contributed by atoms with van der Waals surface area (Å²) in [6, 6.07) is 0. The molecule has 0 radical (unpaired) electrons. The standard InChI is InChI=1S/C71H118NO8P/c1-3-5-7-9-11-13-15-17-19-21-23-25-26-27-28-29-30-31-32-33-34-35-36-37-38-39-40-41-42-44-46-48-50-52-54-56-58-60-62-64-71(74)80-69(68-79-81(75,76)78-66-65-72)67-77-70(73)63-61-59-57-55-53-51-49-47-45-43-24-22-20-18-16-14-12-10-8-6-4-2/h5,7,11,13,16-19,22-25,27-28,30-31,33-34,36-37,39-40,45,47,69H,3-4,6,8-10,12,14-15,20-21,26,29,32,35,38,41-44,46,48-68,72H2,1-2H3,(H,75,76)/b7-5-,13-11-,18-16-,19-17-,24-22-,25-23-,28-27-,31-30-,34-33-,37-36-,40-39-,47-45-. The third kappa shape index (κ3) is 64.9. The highest BCUT2D eigenvalue weighted by atomic mass is 31.2. The number of hydrogen-bond acceptors (Lipinski definition) is 8. The predicted octanol–water partition coefficient (Wildman–Crippen LogP) is 21.1. The van der Waals surface area contributed by atoms with Crippen molar-refractivity contribution in [2.75, 3.05) is 26.4 Å². The lowest BCUT2D eigenvalue weighted by molar-refractivity contribution is -0.161. The van der Waals surface area contributed by atoms with Gasteiger partial charge in [-0.1, -0.05) is 269 Å². The molecule has 3 N–H and O–H groups in total. The average molecular weight is 1140 g/mol. The maximum absolute atomic E-state index is 12.7. The molecule has 0 saturated carbocycles. The van der Waals surface area contributed by atoms with Gasteiger partial charge in [0.25, 0.3) is 0 Å². The van der Waals surface area contributed by atoms with Crippen molar-refractivity contribution in [3.05, 3.63) is 146 Å². The molecule has 2 unspecified atom stereocenters. The SMILES string of the molecule is CC/C=C\C/C=C\C/C=C\C/C=C\C/C=C\C/C=C\C/C=C\C/C=C\C/C=C\CCCCCCCCCCCCCC(=O)OC(COC(=O)CCCCCCCC/C=C\C/C=C\C/C=C\CCCCCCC)COP(=O)(O)OCCN. The number of nitrogens with two attached hydrogens (primary N) is 1. The number of ether oxygens (including phenoxy) is 2. The van der Waals surface area contributed by atoms with Gasteiger partial charge in [0, 0.05) is 19.4 Å². The van der Waals surface area contributed by atoms with E-state index in [1.165, 1.54) is 83.5 Å². The summed E-state index contributed by atoms with van der Waals surface area (Å²) < 4.78 is 33.1. The van der Waals surface area contributed by atoms with Crippen LogP contribution in [-0.4, -0.2) is 49.3 Å². The van der Waals surface area contributed by atoms with E-state index >= 15 is 0 Å². The molecule has 0 aromatic rings. The second-order valence-corrected chi connectivity index (χ2v) is 22.3. The molecule has 0 amide bonds. The highest BCUT2D eigenvalue weighted by Crippen LogP contribution is 2.43. The fraction of sp³-hybridized carbons (Fsp3) is 0.634. The van der Waals surface area contributed by atoms with E-state index in [9.17, 15) is 19.0 Å². The highest BCUT2D eigenvalue weighted by molar-refractivity contribution is 7.47. The van der Waals surface area contributed by atoms with Crippen molar-refractivity contribution in [1.29, 1.82) is 0 Å². The van der Waals surface area contributed by atoms with E-state index in [1.54, 1.807) is 0 Å². The Labute approximate surface area is 496 Å². The predicted molar refractivity (Wildman–Crippen MR) is 348 cm³/mol. The molecule has 9 nitrogen and oxygen atoms in total. The maximum atomic E-state index is 12.7. The lowest BCUT2D eigenvalue weighted by atomic mass is 10.0. The van der Waals surface area contributed by atoms with Crippen LogP contribution in [-0.2, 0) is 32.7 Å². The van der Waals surface area contributed by atoms with Crippen molar-refractivity contribution in [2.45, 2.75) is 264 Å². The smallest absolute Gasteiger partial charge is 0.462 e. The molecule has 0 aliphatic carbocycles. The lowest BCUT2D eigenvalue weighted by Gasteiger charge is -2.19. The zero-order valence-electron chi connectivity index (χ0n) is 51.5. The van der Waals surface area contributed by atoms with E-state index in [-0.39, 0.29) is 32.6 Å². The topological polar surface area (TPSA) is 134 Å². The normalized spacial score (nSPS) is 14.0. The molecule has 2 atom stereocenters. The van der Waals surface area contributed by atoms with Crippen molar-refractivity contribution in [3.63, 3.8) is 0 Å². The summed E-state index contributed by atoms with van der Waals surface area (Å²) in [5.74, 6) is -0.851. The molecule has 10 heteroatoms. The van der Waals surface area contributed by atoms with E-state index in [0.717, 1.165) is 135 Å².